The normalized spacial score (nSPS) is 15.4. The highest BCUT2D eigenvalue weighted by atomic mass is 16.5. The van der Waals surface area contributed by atoms with Gasteiger partial charge in [0.2, 0.25) is 5.91 Å². The summed E-state index contributed by atoms with van der Waals surface area (Å²) in [6, 6.07) is 12.2. The van der Waals surface area contributed by atoms with Crippen LogP contribution in [0.1, 0.15) is 0 Å². The second-order valence-corrected chi connectivity index (χ2v) is 6.27. The maximum absolute atomic E-state index is 12.5. The fourth-order valence-corrected chi connectivity index (χ4v) is 3.07. The molecule has 2 aliphatic heterocycles. The van der Waals surface area contributed by atoms with Crippen molar-refractivity contribution in [2.45, 2.75) is 0 Å². The molecule has 2 aromatic carbocycles. The van der Waals surface area contributed by atoms with Crippen molar-refractivity contribution >= 4 is 34.8 Å². The van der Waals surface area contributed by atoms with E-state index in [1.54, 1.807) is 48.3 Å². The van der Waals surface area contributed by atoms with E-state index in [0.717, 1.165) is 0 Å². The van der Waals surface area contributed by atoms with Gasteiger partial charge in [0.15, 0.2) is 12.4 Å². The van der Waals surface area contributed by atoms with Crippen LogP contribution < -0.4 is 24.6 Å². The van der Waals surface area contributed by atoms with Crippen molar-refractivity contribution in [1.82, 2.24) is 0 Å². The average molecular weight is 367 g/mol. The molecule has 0 saturated carbocycles. The summed E-state index contributed by atoms with van der Waals surface area (Å²) in [5.41, 5.74) is 1.90. The van der Waals surface area contributed by atoms with Crippen LogP contribution in [0.5, 0.6) is 11.5 Å². The highest BCUT2D eigenvalue weighted by Crippen LogP contribution is 2.34. The molecule has 2 aromatic rings. The molecule has 27 heavy (non-hydrogen) atoms. The van der Waals surface area contributed by atoms with Crippen molar-refractivity contribution in [1.29, 1.82) is 0 Å². The summed E-state index contributed by atoms with van der Waals surface area (Å²) < 4.78 is 10.6. The van der Waals surface area contributed by atoms with E-state index in [9.17, 15) is 14.4 Å². The summed E-state index contributed by atoms with van der Waals surface area (Å²) in [5, 5.41) is 2.79. The first-order valence-electron chi connectivity index (χ1n) is 8.39. The van der Waals surface area contributed by atoms with Crippen molar-refractivity contribution in [3.63, 3.8) is 0 Å². The van der Waals surface area contributed by atoms with Crippen LogP contribution in [-0.4, -0.2) is 44.5 Å². The number of ether oxygens (including phenoxy) is 2. The summed E-state index contributed by atoms with van der Waals surface area (Å²) in [7, 11) is 1.68. The monoisotopic (exact) mass is 367 g/mol. The fraction of sp³-hybridized carbons (Fsp3) is 0.211. The van der Waals surface area contributed by atoms with E-state index in [-0.39, 0.29) is 31.5 Å². The molecular formula is C19H17N3O5. The Morgan fingerprint density at radius 1 is 1.11 bits per heavy atom. The molecule has 8 nitrogen and oxygen atoms in total. The topological polar surface area (TPSA) is 88.2 Å². The van der Waals surface area contributed by atoms with Crippen LogP contribution in [-0.2, 0) is 14.4 Å². The number of nitrogens with zero attached hydrogens (tertiary/aromatic N) is 2. The lowest BCUT2D eigenvalue weighted by atomic mass is 10.2. The van der Waals surface area contributed by atoms with Crippen molar-refractivity contribution in [3.8, 4) is 11.5 Å². The van der Waals surface area contributed by atoms with Gasteiger partial charge in [0.1, 0.15) is 12.3 Å². The second kappa shape index (κ2) is 6.64. The Morgan fingerprint density at radius 2 is 1.93 bits per heavy atom. The van der Waals surface area contributed by atoms with Gasteiger partial charge < -0.3 is 24.6 Å². The first kappa shape index (κ1) is 16.9. The van der Waals surface area contributed by atoms with E-state index in [4.69, 9.17) is 9.47 Å². The Bertz CT molecular complexity index is 943. The van der Waals surface area contributed by atoms with Gasteiger partial charge in [-0.2, -0.15) is 0 Å². The van der Waals surface area contributed by atoms with Crippen molar-refractivity contribution in [2.75, 3.05) is 41.9 Å². The summed E-state index contributed by atoms with van der Waals surface area (Å²) in [5.74, 6) is 0.157. The number of esters is 1. The molecule has 8 heteroatoms. The molecule has 0 aromatic heterocycles. The van der Waals surface area contributed by atoms with Gasteiger partial charge in [-0.15, -0.1) is 0 Å². The van der Waals surface area contributed by atoms with Crippen LogP contribution in [0.15, 0.2) is 42.5 Å². The molecule has 138 valence electrons. The number of rotatable bonds is 3. The predicted octanol–water partition coefficient (Wildman–Crippen LogP) is 1.41. The number of hydrogen-bond donors (Lipinski definition) is 1. The van der Waals surface area contributed by atoms with Gasteiger partial charge in [-0.25, -0.2) is 4.79 Å². The minimum absolute atomic E-state index is 0.00242. The fourth-order valence-electron chi connectivity index (χ4n) is 3.07. The number of amides is 2. The van der Waals surface area contributed by atoms with Gasteiger partial charge in [0.05, 0.1) is 17.9 Å². The highest BCUT2D eigenvalue weighted by Gasteiger charge is 2.26. The van der Waals surface area contributed by atoms with E-state index in [2.05, 4.69) is 5.32 Å². The third-order valence-electron chi connectivity index (χ3n) is 4.41. The lowest BCUT2D eigenvalue weighted by molar-refractivity contribution is -0.133. The Morgan fingerprint density at radius 3 is 2.78 bits per heavy atom. The molecule has 0 saturated heterocycles. The smallest absolute Gasteiger partial charge is 0.331 e. The Balaban J connectivity index is 1.48. The molecule has 0 fully saturated rings. The van der Waals surface area contributed by atoms with Crippen LogP contribution in [0.3, 0.4) is 0 Å². The molecule has 4 rings (SSSR count). The molecule has 2 heterocycles. The van der Waals surface area contributed by atoms with E-state index in [1.807, 2.05) is 6.07 Å². The number of nitrogens with one attached hydrogen (secondary N) is 1. The number of carbonyl (C=O) groups excluding carboxylic acids is 3. The Kier molecular flexibility index (Phi) is 4.15. The maximum Gasteiger partial charge on any atom is 0.331 e. The predicted molar refractivity (Wildman–Crippen MR) is 98.3 cm³/mol. The first-order chi connectivity index (χ1) is 13.0. The quantitative estimate of drug-likeness (QED) is 0.652. The SMILES string of the molecule is CN1C(=O)COc2cc(NC(=O)CN3CC(=O)Oc4ccccc43)ccc21. The standard InChI is InChI=1S/C19H17N3O5/c1-21-13-7-6-12(8-16(13)26-11-18(21)24)20-17(23)9-22-10-19(25)27-15-5-3-2-4-14(15)22/h2-8H,9-11H2,1H3,(H,20,23). The first-order valence-corrected chi connectivity index (χ1v) is 8.39. The molecule has 0 spiro atoms. The van der Waals surface area contributed by atoms with E-state index >= 15 is 0 Å². The van der Waals surface area contributed by atoms with Crippen molar-refractivity contribution in [3.05, 3.63) is 42.5 Å². The molecule has 0 atom stereocenters. The highest BCUT2D eigenvalue weighted by molar-refractivity contribution is 5.99. The minimum atomic E-state index is -0.406. The van der Waals surface area contributed by atoms with Crippen LogP contribution in [0, 0.1) is 0 Å². The molecule has 2 amide bonds. The number of hydrogen-bond acceptors (Lipinski definition) is 6. The van der Waals surface area contributed by atoms with Crippen LogP contribution in [0.4, 0.5) is 17.1 Å². The average Bonchev–Trinajstić information content (AvgIpc) is 2.64. The van der Waals surface area contributed by atoms with Gasteiger partial charge in [0.25, 0.3) is 5.91 Å². The number of para-hydroxylation sites is 2. The minimum Gasteiger partial charge on any atom is -0.481 e. The molecule has 0 unspecified atom stereocenters. The third-order valence-corrected chi connectivity index (χ3v) is 4.41. The summed E-state index contributed by atoms with van der Waals surface area (Å²) in [6.45, 7) is -0.0271. The summed E-state index contributed by atoms with van der Waals surface area (Å²) >= 11 is 0. The Hall–Kier alpha value is -3.55. The molecule has 2 aliphatic rings. The van der Waals surface area contributed by atoms with Crippen LogP contribution >= 0.6 is 0 Å². The lowest BCUT2D eigenvalue weighted by Gasteiger charge is -2.29. The number of carbonyl (C=O) groups is 3. The molecule has 0 aliphatic carbocycles. The lowest BCUT2D eigenvalue weighted by Crippen LogP contribution is -2.41. The Labute approximate surface area is 155 Å². The largest absolute Gasteiger partial charge is 0.481 e. The van der Waals surface area contributed by atoms with Gasteiger partial charge in [-0.05, 0) is 24.3 Å². The molecule has 0 bridgehead atoms. The van der Waals surface area contributed by atoms with Crippen molar-refractivity contribution < 1.29 is 23.9 Å². The van der Waals surface area contributed by atoms with Gasteiger partial charge >= 0.3 is 5.97 Å². The zero-order chi connectivity index (χ0) is 19.0. The van der Waals surface area contributed by atoms with Crippen molar-refractivity contribution in [2.24, 2.45) is 0 Å². The number of fused-ring (bicyclic) bond motifs is 2. The molecule has 1 N–H and O–H groups in total. The number of benzene rings is 2. The van der Waals surface area contributed by atoms with Crippen LogP contribution in [0.25, 0.3) is 0 Å². The summed E-state index contributed by atoms with van der Waals surface area (Å²) in [6.07, 6.45) is 0. The number of anilines is 3. The zero-order valence-electron chi connectivity index (χ0n) is 14.6. The van der Waals surface area contributed by atoms with E-state index in [1.165, 1.54) is 4.90 Å². The van der Waals surface area contributed by atoms with E-state index in [0.29, 0.717) is 28.6 Å². The second-order valence-electron chi connectivity index (χ2n) is 6.27. The number of likely N-dealkylation sites (N-methyl/N-ethyl adjacent to an activating group) is 1. The molecular weight excluding hydrogens is 350 g/mol. The van der Waals surface area contributed by atoms with Gasteiger partial charge in [0, 0.05) is 18.8 Å². The van der Waals surface area contributed by atoms with E-state index < -0.39 is 5.97 Å². The zero-order valence-corrected chi connectivity index (χ0v) is 14.6. The van der Waals surface area contributed by atoms with Gasteiger partial charge in [-0.1, -0.05) is 12.1 Å². The van der Waals surface area contributed by atoms with Gasteiger partial charge in [-0.3, -0.25) is 9.59 Å². The van der Waals surface area contributed by atoms with Crippen LogP contribution in [0.2, 0.25) is 0 Å². The third kappa shape index (κ3) is 3.29. The summed E-state index contributed by atoms with van der Waals surface area (Å²) in [4.78, 5) is 39.1. The maximum atomic E-state index is 12.5. The molecule has 0 radical (unpaired) electrons.